The molecule has 0 aliphatic rings. The number of benzene rings is 2. The average molecular weight is 256 g/mol. The highest BCUT2D eigenvalue weighted by atomic mass is 16.5. The van der Waals surface area contributed by atoms with Gasteiger partial charge in [0.2, 0.25) is 0 Å². The van der Waals surface area contributed by atoms with Crippen molar-refractivity contribution in [2.45, 2.75) is 6.92 Å². The van der Waals surface area contributed by atoms with E-state index in [1.54, 1.807) is 24.3 Å². The Morgan fingerprint density at radius 3 is 1.79 bits per heavy atom. The summed E-state index contributed by atoms with van der Waals surface area (Å²) in [5.41, 5.74) is 1.85. The molecule has 3 nitrogen and oxygen atoms in total. The molecule has 0 aliphatic carbocycles. The number of carbonyl (C=O) groups excluding carboxylic acids is 1. The number of aryl methyl sites for hydroxylation is 1. The largest absolute Gasteiger partial charge is 0.490 e. The number of hydrogen-bond acceptors (Lipinski definition) is 3. The summed E-state index contributed by atoms with van der Waals surface area (Å²) >= 11 is 0. The van der Waals surface area contributed by atoms with E-state index in [4.69, 9.17) is 9.47 Å². The van der Waals surface area contributed by atoms with Crippen molar-refractivity contribution in [3.8, 4) is 11.5 Å². The zero-order chi connectivity index (χ0) is 13.5. The molecule has 0 amide bonds. The number of aldehydes is 1. The van der Waals surface area contributed by atoms with E-state index < -0.39 is 0 Å². The maximum atomic E-state index is 10.5. The molecular weight excluding hydrogens is 240 g/mol. The van der Waals surface area contributed by atoms with Crippen LogP contribution < -0.4 is 9.47 Å². The number of hydrogen-bond donors (Lipinski definition) is 0. The van der Waals surface area contributed by atoms with E-state index in [2.05, 4.69) is 0 Å². The van der Waals surface area contributed by atoms with E-state index in [9.17, 15) is 4.79 Å². The number of rotatable bonds is 6. The van der Waals surface area contributed by atoms with Gasteiger partial charge >= 0.3 is 0 Å². The average Bonchev–Trinajstić information content (AvgIpc) is 2.46. The third-order valence-electron chi connectivity index (χ3n) is 2.66. The Kier molecular flexibility index (Phi) is 4.56. The van der Waals surface area contributed by atoms with Crippen LogP contribution in [0.5, 0.6) is 11.5 Å². The first-order valence-corrected chi connectivity index (χ1v) is 6.15. The fourth-order valence-corrected chi connectivity index (χ4v) is 1.60. The third kappa shape index (κ3) is 4.14. The van der Waals surface area contributed by atoms with Crippen molar-refractivity contribution in [3.63, 3.8) is 0 Å². The molecule has 2 aromatic carbocycles. The minimum absolute atomic E-state index is 0.467. The van der Waals surface area contributed by atoms with Crippen LogP contribution in [0.4, 0.5) is 0 Å². The van der Waals surface area contributed by atoms with E-state index in [-0.39, 0.29) is 0 Å². The van der Waals surface area contributed by atoms with Gasteiger partial charge in [0.1, 0.15) is 31.0 Å². The Morgan fingerprint density at radius 2 is 1.32 bits per heavy atom. The lowest BCUT2D eigenvalue weighted by Gasteiger charge is -2.08. The van der Waals surface area contributed by atoms with Gasteiger partial charge in [-0.15, -0.1) is 0 Å². The second-order valence-electron chi connectivity index (χ2n) is 4.20. The molecule has 0 bridgehead atoms. The van der Waals surface area contributed by atoms with Gasteiger partial charge in [0.05, 0.1) is 0 Å². The van der Waals surface area contributed by atoms with Crippen LogP contribution in [0.2, 0.25) is 0 Å². The summed E-state index contributed by atoms with van der Waals surface area (Å²) in [6.45, 7) is 2.99. The summed E-state index contributed by atoms with van der Waals surface area (Å²) in [5.74, 6) is 1.57. The van der Waals surface area contributed by atoms with Gasteiger partial charge in [-0.05, 0) is 43.3 Å². The summed E-state index contributed by atoms with van der Waals surface area (Å²) in [6, 6.07) is 14.9. The highest BCUT2D eigenvalue weighted by molar-refractivity contribution is 5.74. The Hall–Kier alpha value is -2.29. The first-order valence-electron chi connectivity index (χ1n) is 6.15. The Morgan fingerprint density at radius 1 is 0.842 bits per heavy atom. The van der Waals surface area contributed by atoms with Crippen molar-refractivity contribution < 1.29 is 14.3 Å². The van der Waals surface area contributed by atoms with Crippen LogP contribution in [0.25, 0.3) is 0 Å². The predicted octanol–water partition coefficient (Wildman–Crippen LogP) is 3.27. The lowest BCUT2D eigenvalue weighted by atomic mass is 10.2. The number of ether oxygens (including phenoxy) is 2. The molecule has 0 heterocycles. The molecule has 0 radical (unpaired) electrons. The molecule has 2 rings (SSSR count). The van der Waals surface area contributed by atoms with Crippen molar-refractivity contribution in [2.75, 3.05) is 13.2 Å². The van der Waals surface area contributed by atoms with Crippen LogP contribution in [-0.2, 0) is 0 Å². The van der Waals surface area contributed by atoms with Gasteiger partial charge in [-0.2, -0.15) is 0 Å². The predicted molar refractivity (Wildman–Crippen MR) is 74.0 cm³/mol. The molecule has 3 heteroatoms. The molecule has 0 spiro atoms. The molecule has 0 aliphatic heterocycles. The maximum Gasteiger partial charge on any atom is 0.150 e. The van der Waals surface area contributed by atoms with Crippen LogP contribution in [0.1, 0.15) is 15.9 Å². The molecule has 2 aromatic rings. The molecular formula is C16H16O3. The van der Waals surface area contributed by atoms with Crippen LogP contribution >= 0.6 is 0 Å². The normalized spacial score (nSPS) is 9.95. The van der Waals surface area contributed by atoms with E-state index in [0.29, 0.717) is 18.8 Å². The van der Waals surface area contributed by atoms with E-state index in [1.807, 2.05) is 31.2 Å². The van der Waals surface area contributed by atoms with Gasteiger partial charge in [0.15, 0.2) is 0 Å². The van der Waals surface area contributed by atoms with Crippen LogP contribution in [0.15, 0.2) is 48.5 Å². The van der Waals surface area contributed by atoms with Crippen LogP contribution in [-0.4, -0.2) is 19.5 Å². The maximum absolute atomic E-state index is 10.5. The molecule has 0 atom stereocenters. The molecule has 0 unspecified atom stereocenters. The first kappa shape index (κ1) is 13.1. The number of carbonyl (C=O) groups is 1. The Labute approximate surface area is 112 Å². The minimum atomic E-state index is 0.467. The smallest absolute Gasteiger partial charge is 0.150 e. The van der Waals surface area contributed by atoms with E-state index in [0.717, 1.165) is 17.8 Å². The van der Waals surface area contributed by atoms with E-state index in [1.165, 1.54) is 5.56 Å². The highest BCUT2D eigenvalue weighted by Crippen LogP contribution is 2.13. The SMILES string of the molecule is Cc1ccc(OCCOc2ccc(C=O)cc2)cc1. The third-order valence-corrected chi connectivity index (χ3v) is 2.66. The zero-order valence-corrected chi connectivity index (χ0v) is 10.8. The molecule has 0 saturated heterocycles. The second kappa shape index (κ2) is 6.59. The van der Waals surface area contributed by atoms with Gasteiger partial charge in [0.25, 0.3) is 0 Å². The van der Waals surface area contributed by atoms with Crippen LogP contribution in [0, 0.1) is 6.92 Å². The molecule has 0 fully saturated rings. The first-order chi connectivity index (χ1) is 9.28. The van der Waals surface area contributed by atoms with Crippen molar-refractivity contribution in [1.29, 1.82) is 0 Å². The van der Waals surface area contributed by atoms with Gasteiger partial charge < -0.3 is 9.47 Å². The fraction of sp³-hybridized carbons (Fsp3) is 0.188. The van der Waals surface area contributed by atoms with Gasteiger partial charge in [0, 0.05) is 5.56 Å². The fourth-order valence-electron chi connectivity index (χ4n) is 1.60. The summed E-state index contributed by atoms with van der Waals surface area (Å²) in [5, 5.41) is 0. The van der Waals surface area contributed by atoms with Crippen molar-refractivity contribution in [2.24, 2.45) is 0 Å². The Balaban J connectivity index is 1.74. The summed E-state index contributed by atoms with van der Waals surface area (Å²) in [4.78, 5) is 10.5. The van der Waals surface area contributed by atoms with Gasteiger partial charge in [-0.25, -0.2) is 0 Å². The summed E-state index contributed by atoms with van der Waals surface area (Å²) in [7, 11) is 0. The molecule has 19 heavy (non-hydrogen) atoms. The van der Waals surface area contributed by atoms with Gasteiger partial charge in [-0.1, -0.05) is 17.7 Å². The molecule has 98 valence electrons. The quantitative estimate of drug-likeness (QED) is 0.588. The molecule has 0 saturated carbocycles. The Bertz CT molecular complexity index is 515. The lowest BCUT2D eigenvalue weighted by molar-refractivity contribution is 0.112. The van der Waals surface area contributed by atoms with Crippen molar-refractivity contribution in [1.82, 2.24) is 0 Å². The standard InChI is InChI=1S/C16H16O3/c1-13-2-6-15(7-3-13)18-10-11-19-16-8-4-14(12-17)5-9-16/h2-9,12H,10-11H2,1H3. The zero-order valence-electron chi connectivity index (χ0n) is 10.8. The van der Waals surface area contributed by atoms with Crippen LogP contribution in [0.3, 0.4) is 0 Å². The summed E-state index contributed by atoms with van der Waals surface area (Å²) < 4.78 is 11.1. The topological polar surface area (TPSA) is 35.5 Å². The van der Waals surface area contributed by atoms with E-state index >= 15 is 0 Å². The monoisotopic (exact) mass is 256 g/mol. The lowest BCUT2D eigenvalue weighted by Crippen LogP contribution is -2.08. The second-order valence-corrected chi connectivity index (χ2v) is 4.20. The van der Waals surface area contributed by atoms with Crippen molar-refractivity contribution >= 4 is 6.29 Å². The highest BCUT2D eigenvalue weighted by Gasteiger charge is 1.96. The molecule has 0 N–H and O–H groups in total. The summed E-state index contributed by atoms with van der Waals surface area (Å²) in [6.07, 6.45) is 0.810. The minimum Gasteiger partial charge on any atom is -0.490 e. The van der Waals surface area contributed by atoms with Crippen molar-refractivity contribution in [3.05, 3.63) is 59.7 Å². The molecule has 0 aromatic heterocycles. The van der Waals surface area contributed by atoms with Gasteiger partial charge in [-0.3, -0.25) is 4.79 Å².